The van der Waals surface area contributed by atoms with Crippen LogP contribution in [0.2, 0.25) is 0 Å². The van der Waals surface area contributed by atoms with Gasteiger partial charge < -0.3 is 8.98 Å². The Balaban J connectivity index is 1.12. The van der Waals surface area contributed by atoms with Gasteiger partial charge in [0.25, 0.3) is 0 Å². The maximum Gasteiger partial charge on any atom is 0.166 e. The van der Waals surface area contributed by atoms with Crippen molar-refractivity contribution in [1.82, 2.24) is 19.5 Å². The highest BCUT2D eigenvalue weighted by Crippen LogP contribution is 2.41. The fourth-order valence-electron chi connectivity index (χ4n) is 8.02. The quantitative estimate of drug-likeness (QED) is 0.172. The van der Waals surface area contributed by atoms with Crippen LogP contribution in [0.4, 0.5) is 0 Å². The lowest BCUT2D eigenvalue weighted by Crippen LogP contribution is -2.02. The van der Waals surface area contributed by atoms with Crippen molar-refractivity contribution in [3.8, 4) is 62.1 Å². The summed E-state index contributed by atoms with van der Waals surface area (Å²) in [6.07, 6.45) is 0. The van der Waals surface area contributed by atoms with Gasteiger partial charge in [0.05, 0.1) is 11.0 Å². The lowest BCUT2D eigenvalue weighted by atomic mass is 10.0. The van der Waals surface area contributed by atoms with E-state index in [1.807, 2.05) is 42.5 Å². The van der Waals surface area contributed by atoms with Crippen LogP contribution in [-0.4, -0.2) is 19.5 Å². The number of furan rings is 1. The molecule has 262 valence electrons. The van der Waals surface area contributed by atoms with Crippen molar-refractivity contribution in [1.29, 1.82) is 0 Å². The number of para-hydroxylation sites is 3. The molecule has 0 atom stereocenters. The predicted octanol–water partition coefficient (Wildman–Crippen LogP) is 13.2. The Bertz CT molecular complexity index is 3220. The Hall–Kier alpha value is -7.63. The predicted molar refractivity (Wildman–Crippen MR) is 229 cm³/mol. The van der Waals surface area contributed by atoms with Crippen LogP contribution in [0.15, 0.2) is 199 Å². The smallest absolute Gasteiger partial charge is 0.166 e. The maximum atomic E-state index is 6.74. The van der Waals surface area contributed by atoms with Crippen LogP contribution in [0.25, 0.3) is 106 Å². The summed E-state index contributed by atoms with van der Waals surface area (Å²) in [4.78, 5) is 15.5. The lowest BCUT2D eigenvalue weighted by Gasteiger charge is -2.13. The van der Waals surface area contributed by atoms with Crippen molar-refractivity contribution in [3.63, 3.8) is 0 Å². The zero-order valence-electron chi connectivity index (χ0n) is 30.2. The SMILES string of the molecule is c1ccc(-c2ccc(-c3nc(-c4ccccc4)nc(-c4cccc5c6ccccc6n(-c6ccc7c(c6)oc6c(-c8ccccc8)cccc67)c45)n3)cc2)cc1. The van der Waals surface area contributed by atoms with Crippen LogP contribution in [0.1, 0.15) is 0 Å². The van der Waals surface area contributed by atoms with Crippen LogP contribution in [-0.2, 0) is 0 Å². The van der Waals surface area contributed by atoms with E-state index >= 15 is 0 Å². The summed E-state index contributed by atoms with van der Waals surface area (Å²) in [5, 5.41) is 4.44. The minimum absolute atomic E-state index is 0.605. The Kier molecular flexibility index (Phi) is 7.42. The summed E-state index contributed by atoms with van der Waals surface area (Å²) < 4.78 is 9.06. The number of benzene rings is 8. The van der Waals surface area contributed by atoms with Gasteiger partial charge in [-0.25, -0.2) is 15.0 Å². The van der Waals surface area contributed by atoms with Crippen molar-refractivity contribution in [2.75, 3.05) is 0 Å². The van der Waals surface area contributed by atoms with Crippen LogP contribution in [0.5, 0.6) is 0 Å². The number of hydrogen-bond donors (Lipinski definition) is 0. The Morgan fingerprint density at radius 3 is 1.62 bits per heavy atom. The van der Waals surface area contributed by atoms with Gasteiger partial charge in [-0.2, -0.15) is 0 Å². The number of nitrogens with zero attached hydrogens (tertiary/aromatic N) is 4. The van der Waals surface area contributed by atoms with E-state index in [9.17, 15) is 0 Å². The first-order chi connectivity index (χ1) is 27.8. The first-order valence-electron chi connectivity index (χ1n) is 18.8. The van der Waals surface area contributed by atoms with E-state index in [4.69, 9.17) is 19.4 Å². The number of rotatable bonds is 6. The van der Waals surface area contributed by atoms with E-state index < -0.39 is 0 Å². The molecule has 5 heteroatoms. The van der Waals surface area contributed by atoms with Gasteiger partial charge in [0.2, 0.25) is 0 Å². The van der Waals surface area contributed by atoms with Gasteiger partial charge in [-0.1, -0.05) is 164 Å². The molecule has 3 heterocycles. The monoisotopic (exact) mass is 716 g/mol. The molecular weight excluding hydrogens is 685 g/mol. The van der Waals surface area contributed by atoms with E-state index in [1.165, 1.54) is 0 Å². The summed E-state index contributed by atoms with van der Waals surface area (Å²) in [5.74, 6) is 1.84. The minimum atomic E-state index is 0.605. The molecule has 3 aromatic heterocycles. The zero-order chi connectivity index (χ0) is 37.0. The molecule has 11 rings (SSSR count). The highest BCUT2D eigenvalue weighted by molar-refractivity contribution is 6.14. The molecule has 0 aliphatic heterocycles. The molecule has 11 aromatic rings. The van der Waals surface area contributed by atoms with Crippen molar-refractivity contribution in [3.05, 3.63) is 194 Å². The van der Waals surface area contributed by atoms with Crippen LogP contribution >= 0.6 is 0 Å². The van der Waals surface area contributed by atoms with Crippen LogP contribution < -0.4 is 0 Å². The second kappa shape index (κ2) is 13.0. The van der Waals surface area contributed by atoms with Gasteiger partial charge in [-0.05, 0) is 41.0 Å². The first kappa shape index (κ1) is 31.9. The zero-order valence-corrected chi connectivity index (χ0v) is 30.2. The molecule has 0 unspecified atom stereocenters. The molecule has 0 aliphatic rings. The van der Waals surface area contributed by atoms with E-state index in [-0.39, 0.29) is 0 Å². The molecule has 56 heavy (non-hydrogen) atoms. The largest absolute Gasteiger partial charge is 0.455 e. The first-order valence-corrected chi connectivity index (χ1v) is 18.8. The molecule has 8 aromatic carbocycles. The second-order valence-electron chi connectivity index (χ2n) is 14.0. The Labute approximate surface area is 322 Å². The molecule has 0 aliphatic carbocycles. The highest BCUT2D eigenvalue weighted by Gasteiger charge is 2.21. The molecule has 0 N–H and O–H groups in total. The van der Waals surface area contributed by atoms with Gasteiger partial charge in [0.15, 0.2) is 17.5 Å². The number of aromatic nitrogens is 4. The normalized spacial score (nSPS) is 11.6. The fraction of sp³-hybridized carbons (Fsp3) is 0. The van der Waals surface area contributed by atoms with Crippen LogP contribution in [0, 0.1) is 0 Å². The standard InChI is InChI=1S/C51H32N4O/c1-4-14-33(15-5-1)34-26-28-37(29-27-34)50-52-49(36-18-8-3-9-19-36)53-51(54-50)44-24-13-22-42-40-20-10-11-25-45(40)55(47(42)44)38-30-31-41-43-23-12-21-39(35-16-6-2-7-17-35)48(43)56-46(41)32-38/h1-32H. The minimum Gasteiger partial charge on any atom is -0.455 e. The molecule has 5 nitrogen and oxygen atoms in total. The van der Waals surface area contributed by atoms with E-state index in [2.05, 4.69) is 156 Å². The topological polar surface area (TPSA) is 56.7 Å². The molecule has 0 saturated carbocycles. The summed E-state index contributed by atoms with van der Waals surface area (Å²) in [7, 11) is 0. The van der Waals surface area contributed by atoms with Gasteiger partial charge in [-0.15, -0.1) is 0 Å². The Morgan fingerprint density at radius 1 is 0.357 bits per heavy atom. The number of hydrogen-bond acceptors (Lipinski definition) is 4. The fourth-order valence-corrected chi connectivity index (χ4v) is 8.02. The summed E-state index contributed by atoms with van der Waals surface area (Å²) >= 11 is 0. The van der Waals surface area contributed by atoms with Gasteiger partial charge in [0.1, 0.15) is 11.2 Å². The molecule has 0 spiro atoms. The average molecular weight is 717 g/mol. The Morgan fingerprint density at radius 2 is 0.893 bits per heavy atom. The maximum absolute atomic E-state index is 6.74. The molecule has 0 fully saturated rings. The van der Waals surface area contributed by atoms with Gasteiger partial charge in [-0.3, -0.25) is 0 Å². The van der Waals surface area contributed by atoms with E-state index in [0.29, 0.717) is 17.5 Å². The van der Waals surface area contributed by atoms with Gasteiger partial charge >= 0.3 is 0 Å². The third-order valence-electron chi connectivity index (χ3n) is 10.7. The third kappa shape index (κ3) is 5.29. The highest BCUT2D eigenvalue weighted by atomic mass is 16.3. The van der Waals surface area contributed by atoms with Crippen molar-refractivity contribution >= 4 is 43.7 Å². The number of fused-ring (bicyclic) bond motifs is 6. The molecule has 0 radical (unpaired) electrons. The molecule has 0 saturated heterocycles. The van der Waals surface area contributed by atoms with Crippen molar-refractivity contribution in [2.45, 2.75) is 0 Å². The van der Waals surface area contributed by atoms with E-state index in [0.717, 1.165) is 88.4 Å². The second-order valence-corrected chi connectivity index (χ2v) is 14.0. The van der Waals surface area contributed by atoms with Crippen molar-refractivity contribution < 1.29 is 4.42 Å². The average Bonchev–Trinajstić information content (AvgIpc) is 3.83. The lowest BCUT2D eigenvalue weighted by molar-refractivity contribution is 0.669. The summed E-state index contributed by atoms with van der Waals surface area (Å²) in [6, 6.07) is 67.3. The molecular formula is C51H32N4O. The summed E-state index contributed by atoms with van der Waals surface area (Å²) in [5.41, 5.74) is 12.1. The summed E-state index contributed by atoms with van der Waals surface area (Å²) in [6.45, 7) is 0. The van der Waals surface area contributed by atoms with Gasteiger partial charge in [0, 0.05) is 55.6 Å². The van der Waals surface area contributed by atoms with Crippen molar-refractivity contribution in [2.24, 2.45) is 0 Å². The van der Waals surface area contributed by atoms with E-state index in [1.54, 1.807) is 0 Å². The molecule has 0 amide bonds. The van der Waals surface area contributed by atoms with Crippen LogP contribution in [0.3, 0.4) is 0 Å². The molecule has 0 bridgehead atoms. The third-order valence-corrected chi connectivity index (χ3v) is 10.7.